The van der Waals surface area contributed by atoms with Crippen molar-refractivity contribution in [2.24, 2.45) is 0 Å². The summed E-state index contributed by atoms with van der Waals surface area (Å²) >= 11 is 0. The molecule has 0 aromatic carbocycles. The van der Waals surface area contributed by atoms with Gasteiger partial charge in [-0.15, -0.1) is 10.2 Å². The number of aromatic nitrogens is 8. The van der Waals surface area contributed by atoms with Crippen LogP contribution in [0.1, 0.15) is 130 Å². The van der Waals surface area contributed by atoms with E-state index >= 15 is 0 Å². The third kappa shape index (κ3) is 5.30. The summed E-state index contributed by atoms with van der Waals surface area (Å²) in [6, 6.07) is 10.1. The van der Waals surface area contributed by atoms with Crippen molar-refractivity contribution in [3.8, 4) is 34.4 Å². The predicted octanol–water partition coefficient (Wildman–Crippen LogP) is 7.84. The molecular formula is C36H46N8. The lowest BCUT2D eigenvalue weighted by molar-refractivity contribution is 0.311. The molecule has 2 aliphatic rings. The Hall–Kier alpha value is -3.68. The van der Waals surface area contributed by atoms with Crippen molar-refractivity contribution in [1.82, 2.24) is 40.3 Å². The second-order valence-corrected chi connectivity index (χ2v) is 16.5. The van der Waals surface area contributed by atoms with Gasteiger partial charge in [0.05, 0.1) is 34.2 Å². The van der Waals surface area contributed by atoms with E-state index in [9.17, 15) is 0 Å². The summed E-state index contributed by atoms with van der Waals surface area (Å²) in [5.41, 5.74) is 7.62. The van der Waals surface area contributed by atoms with Crippen molar-refractivity contribution in [2.45, 2.75) is 129 Å². The number of hydrogen-bond acceptors (Lipinski definition) is 8. The van der Waals surface area contributed by atoms with E-state index in [0.29, 0.717) is 23.0 Å². The quantitative estimate of drug-likeness (QED) is 0.238. The van der Waals surface area contributed by atoms with Crippen LogP contribution in [0.3, 0.4) is 0 Å². The van der Waals surface area contributed by atoms with Gasteiger partial charge in [0.15, 0.2) is 0 Å². The number of nitrogens with zero attached hydrogens (tertiary/aromatic N) is 8. The molecule has 0 spiro atoms. The molecule has 0 saturated heterocycles. The maximum Gasteiger partial charge on any atom is 0.200 e. The molecule has 230 valence electrons. The van der Waals surface area contributed by atoms with Crippen LogP contribution in [0.2, 0.25) is 0 Å². The van der Waals surface area contributed by atoms with Crippen LogP contribution < -0.4 is 0 Å². The van der Waals surface area contributed by atoms with Gasteiger partial charge in [0.1, 0.15) is 11.4 Å². The molecule has 44 heavy (non-hydrogen) atoms. The number of hydrogen-bond donors (Lipinski definition) is 0. The lowest BCUT2D eigenvalue weighted by Crippen LogP contribution is -2.36. The van der Waals surface area contributed by atoms with E-state index in [-0.39, 0.29) is 27.1 Å². The van der Waals surface area contributed by atoms with Crippen molar-refractivity contribution < 1.29 is 0 Å². The van der Waals surface area contributed by atoms with Crippen LogP contribution in [0.5, 0.6) is 0 Å². The van der Waals surface area contributed by atoms with E-state index in [2.05, 4.69) is 98.5 Å². The topological polar surface area (TPSA) is 103 Å². The van der Waals surface area contributed by atoms with Gasteiger partial charge in [-0.1, -0.05) is 82.2 Å². The minimum absolute atomic E-state index is 0.0506. The summed E-state index contributed by atoms with van der Waals surface area (Å²) in [6.07, 6.45) is 4.23. The summed E-state index contributed by atoms with van der Waals surface area (Å²) in [7, 11) is 0. The van der Waals surface area contributed by atoms with E-state index in [0.717, 1.165) is 65.4 Å². The third-order valence-electron chi connectivity index (χ3n) is 9.85. The molecule has 0 amide bonds. The molecule has 0 bridgehead atoms. The Kier molecular flexibility index (Phi) is 6.84. The average molecular weight is 591 g/mol. The summed E-state index contributed by atoms with van der Waals surface area (Å²) in [5, 5.41) is 18.7. The predicted molar refractivity (Wildman–Crippen MR) is 174 cm³/mol. The fourth-order valence-corrected chi connectivity index (χ4v) is 6.36. The Labute approximate surface area is 262 Å². The Morgan fingerprint density at radius 1 is 0.477 bits per heavy atom. The zero-order valence-corrected chi connectivity index (χ0v) is 28.3. The number of rotatable bonds is 3. The minimum atomic E-state index is -0.128. The van der Waals surface area contributed by atoms with Crippen molar-refractivity contribution in [1.29, 1.82) is 0 Å². The van der Waals surface area contributed by atoms with Gasteiger partial charge in [-0.3, -0.25) is 0 Å². The number of fused-ring (bicyclic) bond motifs is 2. The Morgan fingerprint density at radius 3 is 1.39 bits per heavy atom. The van der Waals surface area contributed by atoms with Crippen molar-refractivity contribution in [2.75, 3.05) is 0 Å². The summed E-state index contributed by atoms with van der Waals surface area (Å²) in [5.74, 6) is 1.08. The molecule has 0 N–H and O–H groups in total. The first-order chi connectivity index (χ1) is 20.4. The highest BCUT2D eigenvalue weighted by Gasteiger charge is 2.41. The molecule has 0 aliphatic heterocycles. The molecule has 0 fully saturated rings. The zero-order valence-electron chi connectivity index (χ0n) is 28.3. The summed E-state index contributed by atoms with van der Waals surface area (Å²) < 4.78 is 0. The lowest BCUT2D eigenvalue weighted by atomic mass is 9.67. The van der Waals surface area contributed by atoms with Crippen LogP contribution in [0.25, 0.3) is 34.4 Å². The van der Waals surface area contributed by atoms with Gasteiger partial charge in [0.25, 0.3) is 0 Å². The SMILES string of the molecule is CC(C)(C)c1cc(-c2cccc(-c3nnc4c(n3)C(C)(C)CCC4(C)C)n2)nc(-c2nnc3c(n2)C(C)(C)CCC3(C)C)c1. The van der Waals surface area contributed by atoms with Crippen LogP contribution in [-0.4, -0.2) is 40.3 Å². The normalized spacial score (nSPS) is 19.6. The molecule has 2 aliphatic carbocycles. The van der Waals surface area contributed by atoms with E-state index in [1.165, 1.54) is 0 Å². The van der Waals surface area contributed by atoms with Crippen LogP contribution >= 0.6 is 0 Å². The zero-order chi connectivity index (χ0) is 31.9. The van der Waals surface area contributed by atoms with E-state index in [1.54, 1.807) is 0 Å². The molecule has 0 radical (unpaired) electrons. The van der Waals surface area contributed by atoms with Crippen LogP contribution in [0, 0.1) is 0 Å². The lowest BCUT2D eigenvalue weighted by Gasteiger charge is -2.39. The van der Waals surface area contributed by atoms with Crippen molar-refractivity contribution in [3.05, 3.63) is 58.7 Å². The standard InChI is InChI=1S/C36H46N8/c1-32(2,3)21-19-24(38-25(20-21)31-40-27-29(42-44-31)36(10,11)18-16-34(27,6)7)22-13-12-14-23(37-22)30-39-26-28(41-43-30)35(8,9)17-15-33(26,4)5/h12-14,19-20H,15-18H2,1-11H3. The summed E-state index contributed by atoms with van der Waals surface area (Å²) in [6.45, 7) is 24.5. The molecular weight excluding hydrogens is 544 g/mol. The Morgan fingerprint density at radius 2 is 0.886 bits per heavy atom. The largest absolute Gasteiger partial charge is 0.243 e. The molecule has 8 nitrogen and oxygen atoms in total. The second-order valence-electron chi connectivity index (χ2n) is 16.5. The summed E-state index contributed by atoms with van der Waals surface area (Å²) in [4.78, 5) is 20.3. The highest BCUT2D eigenvalue weighted by atomic mass is 15.2. The Bertz CT molecular complexity index is 1760. The fraction of sp³-hybridized carbons (Fsp3) is 0.556. The fourth-order valence-electron chi connectivity index (χ4n) is 6.36. The van der Waals surface area contributed by atoms with Gasteiger partial charge in [0.2, 0.25) is 11.6 Å². The highest BCUT2D eigenvalue weighted by Crippen LogP contribution is 2.45. The minimum Gasteiger partial charge on any atom is -0.243 e. The molecule has 0 atom stereocenters. The van der Waals surface area contributed by atoms with E-state index in [1.807, 2.05) is 18.2 Å². The molecule has 4 heterocycles. The molecule has 0 unspecified atom stereocenters. The van der Waals surface area contributed by atoms with Crippen LogP contribution in [0.15, 0.2) is 30.3 Å². The van der Waals surface area contributed by atoms with Crippen LogP contribution in [-0.2, 0) is 27.1 Å². The molecule has 4 aromatic rings. The maximum absolute atomic E-state index is 5.14. The molecule has 6 rings (SSSR count). The van der Waals surface area contributed by atoms with Crippen molar-refractivity contribution >= 4 is 0 Å². The van der Waals surface area contributed by atoms with E-state index < -0.39 is 0 Å². The number of pyridine rings is 2. The smallest absolute Gasteiger partial charge is 0.200 e. The third-order valence-corrected chi connectivity index (χ3v) is 9.85. The average Bonchev–Trinajstić information content (AvgIpc) is 2.97. The van der Waals surface area contributed by atoms with E-state index in [4.69, 9.17) is 30.1 Å². The first kappa shape index (κ1) is 30.4. The van der Waals surface area contributed by atoms with Gasteiger partial charge < -0.3 is 0 Å². The molecule has 0 saturated carbocycles. The molecule has 4 aromatic heterocycles. The first-order valence-corrected chi connectivity index (χ1v) is 15.9. The van der Waals surface area contributed by atoms with Gasteiger partial charge in [0, 0.05) is 21.7 Å². The van der Waals surface area contributed by atoms with Gasteiger partial charge in [-0.25, -0.2) is 19.9 Å². The van der Waals surface area contributed by atoms with Gasteiger partial charge in [-0.2, -0.15) is 10.2 Å². The highest BCUT2D eigenvalue weighted by molar-refractivity contribution is 5.65. The maximum atomic E-state index is 5.14. The molecule has 8 heteroatoms. The van der Waals surface area contributed by atoms with Gasteiger partial charge in [-0.05, 0) is 60.9 Å². The Balaban J connectivity index is 1.46. The van der Waals surface area contributed by atoms with Crippen molar-refractivity contribution in [3.63, 3.8) is 0 Å². The first-order valence-electron chi connectivity index (χ1n) is 15.9. The second kappa shape index (κ2) is 9.91. The van der Waals surface area contributed by atoms with Crippen LogP contribution in [0.4, 0.5) is 0 Å². The van der Waals surface area contributed by atoms with Gasteiger partial charge >= 0.3 is 0 Å². The monoisotopic (exact) mass is 590 g/mol.